The number of amides is 1. The number of carbonyl (C=O) groups excluding carboxylic acids is 1. The molecule has 1 amide bonds. The molecule has 0 aliphatic carbocycles. The van der Waals surface area contributed by atoms with Gasteiger partial charge < -0.3 is 10.2 Å². The zero-order valence-corrected chi connectivity index (χ0v) is 16.3. The predicted octanol–water partition coefficient (Wildman–Crippen LogP) is 2.18. The lowest BCUT2D eigenvalue weighted by atomic mass is 10.2. The first kappa shape index (κ1) is 20.5. The summed E-state index contributed by atoms with van der Waals surface area (Å²) < 4.78 is 39.7. The number of nitrogens with zero attached hydrogens (tertiary/aromatic N) is 3. The van der Waals surface area contributed by atoms with E-state index in [-0.39, 0.29) is 23.6 Å². The fourth-order valence-electron chi connectivity index (χ4n) is 2.87. The summed E-state index contributed by atoms with van der Waals surface area (Å²) >= 11 is 0. The number of nitrogens with one attached hydrogen (secondary N) is 1. The minimum Gasteiger partial charge on any atom is -0.373 e. The fourth-order valence-corrected chi connectivity index (χ4v) is 4.31. The average molecular weight is 414 g/mol. The topological polar surface area (TPSA) is 93.5 Å². The van der Waals surface area contributed by atoms with Crippen LogP contribution in [0, 0.1) is 17.1 Å². The SMILES string of the molecule is N#C/C(=C/N1CCN(S(=O)(=O)c2ccccc2)CC1)C(=O)Nc1ccc(F)cc1. The van der Waals surface area contributed by atoms with Crippen LogP contribution in [0.1, 0.15) is 0 Å². The van der Waals surface area contributed by atoms with Crippen LogP contribution in [-0.4, -0.2) is 49.7 Å². The van der Waals surface area contributed by atoms with Gasteiger partial charge in [-0.25, -0.2) is 12.8 Å². The van der Waals surface area contributed by atoms with Crippen molar-refractivity contribution in [3.63, 3.8) is 0 Å². The van der Waals surface area contributed by atoms with E-state index in [0.29, 0.717) is 18.8 Å². The Hall–Kier alpha value is -3.22. The third-order valence-corrected chi connectivity index (χ3v) is 6.35. The van der Waals surface area contributed by atoms with Crippen LogP contribution in [0.3, 0.4) is 0 Å². The van der Waals surface area contributed by atoms with E-state index in [0.717, 1.165) is 0 Å². The van der Waals surface area contributed by atoms with Gasteiger partial charge in [0.2, 0.25) is 10.0 Å². The normalized spacial score (nSPS) is 15.6. The first-order valence-corrected chi connectivity index (χ1v) is 10.3. The van der Waals surface area contributed by atoms with Crippen LogP contribution in [-0.2, 0) is 14.8 Å². The van der Waals surface area contributed by atoms with E-state index >= 15 is 0 Å². The molecule has 1 saturated heterocycles. The molecule has 2 aromatic carbocycles. The van der Waals surface area contributed by atoms with Crippen molar-refractivity contribution in [2.75, 3.05) is 31.5 Å². The monoisotopic (exact) mass is 414 g/mol. The number of rotatable bonds is 5. The van der Waals surface area contributed by atoms with Gasteiger partial charge in [-0.05, 0) is 36.4 Å². The Morgan fingerprint density at radius 2 is 1.66 bits per heavy atom. The molecule has 7 nitrogen and oxygen atoms in total. The molecule has 0 unspecified atom stereocenters. The minimum atomic E-state index is -3.57. The molecule has 0 atom stereocenters. The van der Waals surface area contributed by atoms with E-state index in [4.69, 9.17) is 0 Å². The minimum absolute atomic E-state index is 0.117. The number of hydrogen-bond donors (Lipinski definition) is 1. The Labute approximate surface area is 168 Å². The third-order valence-electron chi connectivity index (χ3n) is 4.43. The van der Waals surface area contributed by atoms with E-state index in [1.807, 2.05) is 6.07 Å². The van der Waals surface area contributed by atoms with Gasteiger partial charge in [-0.2, -0.15) is 9.57 Å². The molecular weight excluding hydrogens is 395 g/mol. The number of carbonyl (C=O) groups is 1. The van der Waals surface area contributed by atoms with E-state index in [9.17, 15) is 22.9 Å². The first-order chi connectivity index (χ1) is 13.9. The number of halogens is 1. The number of piperazine rings is 1. The molecular formula is C20H19FN4O3S. The Kier molecular flexibility index (Phi) is 6.26. The Morgan fingerprint density at radius 1 is 1.03 bits per heavy atom. The van der Waals surface area contributed by atoms with Crippen molar-refractivity contribution in [2.24, 2.45) is 0 Å². The Morgan fingerprint density at radius 3 is 2.24 bits per heavy atom. The highest BCUT2D eigenvalue weighted by atomic mass is 32.2. The molecule has 0 bridgehead atoms. The number of anilines is 1. The van der Waals surface area contributed by atoms with E-state index in [1.54, 1.807) is 35.2 Å². The summed E-state index contributed by atoms with van der Waals surface area (Å²) in [6.07, 6.45) is 1.42. The van der Waals surface area contributed by atoms with Gasteiger partial charge in [-0.3, -0.25) is 4.79 Å². The summed E-state index contributed by atoms with van der Waals surface area (Å²) in [7, 11) is -3.57. The molecule has 0 spiro atoms. The third kappa shape index (κ3) is 4.99. The van der Waals surface area contributed by atoms with Crippen molar-refractivity contribution in [2.45, 2.75) is 4.90 Å². The molecule has 1 aliphatic heterocycles. The molecule has 9 heteroatoms. The lowest BCUT2D eigenvalue weighted by Crippen LogP contribution is -2.46. The molecule has 1 aliphatic rings. The van der Waals surface area contributed by atoms with Crippen LogP contribution in [0.2, 0.25) is 0 Å². The number of hydrogen-bond acceptors (Lipinski definition) is 5. The Balaban J connectivity index is 1.63. The second-order valence-electron chi connectivity index (χ2n) is 6.37. The molecule has 0 saturated carbocycles. The van der Waals surface area contributed by atoms with Gasteiger partial charge in [-0.1, -0.05) is 18.2 Å². The van der Waals surface area contributed by atoms with Crippen LogP contribution in [0.4, 0.5) is 10.1 Å². The zero-order chi connectivity index (χ0) is 20.9. The number of sulfonamides is 1. The predicted molar refractivity (Wildman–Crippen MR) is 105 cm³/mol. The highest BCUT2D eigenvalue weighted by Gasteiger charge is 2.28. The molecule has 3 rings (SSSR count). The number of nitriles is 1. The van der Waals surface area contributed by atoms with Crippen molar-refractivity contribution in [3.8, 4) is 6.07 Å². The van der Waals surface area contributed by atoms with E-state index in [2.05, 4.69) is 5.32 Å². The van der Waals surface area contributed by atoms with Gasteiger partial charge in [0.15, 0.2) is 0 Å². The highest BCUT2D eigenvalue weighted by Crippen LogP contribution is 2.18. The highest BCUT2D eigenvalue weighted by molar-refractivity contribution is 7.89. The summed E-state index contributed by atoms with van der Waals surface area (Å²) in [4.78, 5) is 14.3. The molecule has 2 aromatic rings. The molecule has 0 radical (unpaired) electrons. The van der Waals surface area contributed by atoms with E-state index in [1.165, 1.54) is 34.8 Å². The molecule has 29 heavy (non-hydrogen) atoms. The van der Waals surface area contributed by atoms with E-state index < -0.39 is 21.7 Å². The summed E-state index contributed by atoms with van der Waals surface area (Å²) in [5.41, 5.74) is 0.255. The van der Waals surface area contributed by atoms with Gasteiger partial charge in [0.25, 0.3) is 5.91 Å². The summed E-state index contributed by atoms with van der Waals surface area (Å²) in [5, 5.41) is 11.8. The molecule has 1 fully saturated rings. The molecule has 150 valence electrons. The zero-order valence-electron chi connectivity index (χ0n) is 15.5. The Bertz CT molecular complexity index is 1040. The quantitative estimate of drug-likeness (QED) is 0.598. The number of benzene rings is 2. The lowest BCUT2D eigenvalue weighted by Gasteiger charge is -2.33. The van der Waals surface area contributed by atoms with Gasteiger partial charge in [0, 0.05) is 38.1 Å². The molecule has 0 aromatic heterocycles. The van der Waals surface area contributed by atoms with Crippen LogP contribution < -0.4 is 5.32 Å². The second-order valence-corrected chi connectivity index (χ2v) is 8.31. The average Bonchev–Trinajstić information content (AvgIpc) is 2.74. The van der Waals surface area contributed by atoms with Crippen molar-refractivity contribution in [1.82, 2.24) is 9.21 Å². The fraction of sp³-hybridized carbons (Fsp3) is 0.200. The molecule has 1 heterocycles. The van der Waals surface area contributed by atoms with Crippen molar-refractivity contribution in [3.05, 3.63) is 72.2 Å². The van der Waals surface area contributed by atoms with Gasteiger partial charge in [-0.15, -0.1) is 0 Å². The maximum atomic E-state index is 13.0. The van der Waals surface area contributed by atoms with Crippen molar-refractivity contribution >= 4 is 21.6 Å². The summed E-state index contributed by atoms with van der Waals surface area (Å²) in [6, 6.07) is 15.3. The van der Waals surface area contributed by atoms with Crippen LogP contribution in [0.5, 0.6) is 0 Å². The lowest BCUT2D eigenvalue weighted by molar-refractivity contribution is -0.112. The van der Waals surface area contributed by atoms with Crippen LogP contribution in [0.15, 0.2) is 71.3 Å². The molecule has 1 N–H and O–H groups in total. The van der Waals surface area contributed by atoms with Gasteiger partial charge >= 0.3 is 0 Å². The van der Waals surface area contributed by atoms with Gasteiger partial charge in [0.05, 0.1) is 4.90 Å². The summed E-state index contributed by atoms with van der Waals surface area (Å²) in [5.74, 6) is -1.04. The second kappa shape index (κ2) is 8.86. The van der Waals surface area contributed by atoms with Crippen molar-refractivity contribution < 1.29 is 17.6 Å². The van der Waals surface area contributed by atoms with Gasteiger partial charge in [0.1, 0.15) is 17.5 Å². The van der Waals surface area contributed by atoms with Crippen molar-refractivity contribution in [1.29, 1.82) is 5.26 Å². The maximum absolute atomic E-state index is 13.0. The van der Waals surface area contributed by atoms with Crippen LogP contribution in [0.25, 0.3) is 0 Å². The summed E-state index contributed by atoms with van der Waals surface area (Å²) in [6.45, 7) is 1.18. The standard InChI is InChI=1S/C20H19FN4O3S/c21-17-6-8-18(9-7-17)23-20(26)16(14-22)15-24-10-12-25(13-11-24)29(27,28)19-4-2-1-3-5-19/h1-9,15H,10-13H2,(H,23,26)/b16-15-. The van der Waals surface area contributed by atoms with Crippen LogP contribution >= 0.6 is 0 Å². The smallest absolute Gasteiger partial charge is 0.267 e. The first-order valence-electron chi connectivity index (χ1n) is 8.88. The maximum Gasteiger partial charge on any atom is 0.267 e. The largest absolute Gasteiger partial charge is 0.373 e.